The van der Waals surface area contributed by atoms with E-state index in [4.69, 9.17) is 14.5 Å². The van der Waals surface area contributed by atoms with E-state index in [2.05, 4.69) is 0 Å². The Bertz CT molecular complexity index is 1290. The van der Waals surface area contributed by atoms with Gasteiger partial charge in [0.1, 0.15) is 30.0 Å². The SMILES string of the molecule is COc1cccc(N2C[C@H](c3nc4ccccc4n3C[C@H](O)COc3ccccc3)CC2=O)c1. The molecule has 2 heterocycles. The Labute approximate surface area is 198 Å². The minimum Gasteiger partial charge on any atom is -0.497 e. The standard InChI is InChI=1S/C27H27N3O4/c1-33-23-11-7-8-20(15-23)29-16-19(14-26(29)32)27-28-24-12-5-6-13-25(24)30(27)17-21(31)18-34-22-9-3-2-4-10-22/h2-13,15,19,21,31H,14,16-18H2,1H3/t19-,21+/m1/s1. The maximum absolute atomic E-state index is 12.9. The van der Waals surface area contributed by atoms with Gasteiger partial charge in [-0.15, -0.1) is 0 Å². The van der Waals surface area contributed by atoms with Gasteiger partial charge in [-0.05, 0) is 36.4 Å². The number of fused-ring (bicyclic) bond motifs is 1. The molecule has 3 aromatic carbocycles. The topological polar surface area (TPSA) is 76.8 Å². The number of carbonyl (C=O) groups excluding carboxylic acids is 1. The minimum absolute atomic E-state index is 0.0461. The summed E-state index contributed by atoms with van der Waals surface area (Å²) in [6, 6.07) is 24.8. The number of hydrogen-bond acceptors (Lipinski definition) is 5. The average molecular weight is 458 g/mol. The number of nitrogens with zero attached hydrogens (tertiary/aromatic N) is 3. The quantitative estimate of drug-likeness (QED) is 0.433. The van der Waals surface area contributed by atoms with Crippen LogP contribution >= 0.6 is 0 Å². The molecule has 5 rings (SSSR count). The van der Waals surface area contributed by atoms with Crippen LogP contribution in [0.25, 0.3) is 11.0 Å². The molecule has 4 aromatic rings. The molecular weight excluding hydrogens is 430 g/mol. The molecule has 7 heteroatoms. The number of rotatable bonds is 8. The predicted octanol–water partition coefficient (Wildman–Crippen LogP) is 4.01. The third kappa shape index (κ3) is 4.47. The van der Waals surface area contributed by atoms with Crippen LogP contribution in [0.1, 0.15) is 18.2 Å². The van der Waals surface area contributed by atoms with Crippen LogP contribution in [0, 0.1) is 0 Å². The third-order valence-corrected chi connectivity index (χ3v) is 6.12. The summed E-state index contributed by atoms with van der Waals surface area (Å²) >= 11 is 0. The fourth-order valence-corrected chi connectivity index (χ4v) is 4.48. The first-order valence-corrected chi connectivity index (χ1v) is 11.4. The monoisotopic (exact) mass is 457 g/mol. The van der Waals surface area contributed by atoms with Crippen molar-refractivity contribution in [1.82, 2.24) is 9.55 Å². The summed E-state index contributed by atoms with van der Waals surface area (Å²) in [5, 5.41) is 10.8. The number of anilines is 1. The van der Waals surface area contributed by atoms with E-state index in [9.17, 15) is 9.90 Å². The van der Waals surface area contributed by atoms with Gasteiger partial charge in [0.25, 0.3) is 0 Å². The first kappa shape index (κ1) is 22.0. The first-order chi connectivity index (χ1) is 16.6. The highest BCUT2D eigenvalue weighted by Gasteiger charge is 2.35. The third-order valence-electron chi connectivity index (χ3n) is 6.12. The highest BCUT2D eigenvalue weighted by atomic mass is 16.5. The summed E-state index contributed by atoms with van der Waals surface area (Å²) in [5.41, 5.74) is 2.59. The van der Waals surface area contributed by atoms with Crippen LogP contribution in [-0.2, 0) is 11.3 Å². The van der Waals surface area contributed by atoms with Gasteiger partial charge in [-0.1, -0.05) is 36.4 Å². The molecule has 0 radical (unpaired) electrons. The summed E-state index contributed by atoms with van der Waals surface area (Å²) in [6.07, 6.45) is -0.375. The van der Waals surface area contributed by atoms with E-state index in [-0.39, 0.29) is 18.4 Å². The van der Waals surface area contributed by atoms with Crippen molar-refractivity contribution in [3.05, 3.63) is 84.7 Å². The van der Waals surface area contributed by atoms with Crippen molar-refractivity contribution in [2.24, 2.45) is 0 Å². The van der Waals surface area contributed by atoms with Crippen LogP contribution in [0.5, 0.6) is 11.5 Å². The molecule has 0 saturated carbocycles. The van der Waals surface area contributed by atoms with Crippen molar-refractivity contribution in [1.29, 1.82) is 0 Å². The largest absolute Gasteiger partial charge is 0.497 e. The van der Waals surface area contributed by atoms with Gasteiger partial charge in [0.15, 0.2) is 0 Å². The Morgan fingerprint density at radius 1 is 1.03 bits per heavy atom. The molecule has 1 aromatic heterocycles. The van der Waals surface area contributed by atoms with Crippen molar-refractivity contribution >= 4 is 22.6 Å². The summed E-state index contributed by atoms with van der Waals surface area (Å²) in [4.78, 5) is 19.6. The van der Waals surface area contributed by atoms with Gasteiger partial charge < -0.3 is 24.0 Å². The number of imidazole rings is 1. The summed E-state index contributed by atoms with van der Waals surface area (Å²) < 4.78 is 13.1. The summed E-state index contributed by atoms with van der Waals surface area (Å²) in [7, 11) is 1.61. The van der Waals surface area contributed by atoms with E-state index in [0.717, 1.165) is 22.5 Å². The van der Waals surface area contributed by atoms with Gasteiger partial charge in [-0.2, -0.15) is 0 Å². The molecule has 7 nitrogen and oxygen atoms in total. The Hall–Kier alpha value is -3.84. The Kier molecular flexibility index (Phi) is 6.18. The van der Waals surface area contributed by atoms with Gasteiger partial charge in [0.2, 0.25) is 5.91 Å². The molecule has 1 N–H and O–H groups in total. The normalized spacial score (nSPS) is 16.7. The number of methoxy groups -OCH3 is 1. The van der Waals surface area contributed by atoms with E-state index >= 15 is 0 Å². The molecule has 1 saturated heterocycles. The number of aliphatic hydroxyl groups is 1. The second kappa shape index (κ2) is 9.57. The number of aliphatic hydroxyl groups excluding tert-OH is 1. The van der Waals surface area contributed by atoms with Crippen LogP contribution in [-0.4, -0.2) is 46.9 Å². The molecule has 1 amide bonds. The fourth-order valence-electron chi connectivity index (χ4n) is 4.48. The number of hydrogen-bond donors (Lipinski definition) is 1. The highest BCUT2D eigenvalue weighted by Crippen LogP contribution is 2.34. The molecule has 1 fully saturated rings. The number of ether oxygens (including phenoxy) is 2. The van der Waals surface area contributed by atoms with Crippen molar-refractivity contribution < 1.29 is 19.4 Å². The Morgan fingerprint density at radius 3 is 2.62 bits per heavy atom. The zero-order chi connectivity index (χ0) is 23.5. The zero-order valence-corrected chi connectivity index (χ0v) is 19.0. The van der Waals surface area contributed by atoms with E-state index in [1.165, 1.54) is 0 Å². The van der Waals surface area contributed by atoms with Crippen molar-refractivity contribution in [2.45, 2.75) is 25.0 Å². The van der Waals surface area contributed by atoms with Crippen LogP contribution in [0.3, 0.4) is 0 Å². The number of carbonyl (C=O) groups is 1. The maximum atomic E-state index is 12.9. The van der Waals surface area contributed by atoms with Crippen LogP contribution in [0.4, 0.5) is 5.69 Å². The molecule has 34 heavy (non-hydrogen) atoms. The molecule has 0 spiro atoms. The van der Waals surface area contributed by atoms with Crippen molar-refractivity contribution in [3.63, 3.8) is 0 Å². The lowest BCUT2D eigenvalue weighted by molar-refractivity contribution is -0.117. The average Bonchev–Trinajstić information content (AvgIpc) is 3.44. The molecule has 1 aliphatic heterocycles. The fraction of sp³-hybridized carbons (Fsp3) is 0.259. The summed E-state index contributed by atoms with van der Waals surface area (Å²) in [5.74, 6) is 2.19. The van der Waals surface area contributed by atoms with Gasteiger partial charge in [-0.3, -0.25) is 4.79 Å². The molecule has 0 aliphatic carbocycles. The van der Waals surface area contributed by atoms with Gasteiger partial charge in [-0.25, -0.2) is 4.98 Å². The number of para-hydroxylation sites is 3. The van der Waals surface area contributed by atoms with Crippen molar-refractivity contribution in [3.8, 4) is 11.5 Å². The lowest BCUT2D eigenvalue weighted by atomic mass is 10.1. The van der Waals surface area contributed by atoms with E-state index in [0.29, 0.717) is 31.0 Å². The Balaban J connectivity index is 1.39. The number of amides is 1. The predicted molar refractivity (Wildman–Crippen MR) is 130 cm³/mol. The lowest BCUT2D eigenvalue weighted by Gasteiger charge is -2.19. The molecule has 2 atom stereocenters. The Morgan fingerprint density at radius 2 is 1.79 bits per heavy atom. The molecule has 0 bridgehead atoms. The molecule has 1 aliphatic rings. The van der Waals surface area contributed by atoms with E-state index in [1.807, 2.05) is 83.4 Å². The maximum Gasteiger partial charge on any atom is 0.227 e. The second-order valence-electron chi connectivity index (χ2n) is 8.45. The van der Waals surface area contributed by atoms with Gasteiger partial charge in [0, 0.05) is 30.6 Å². The lowest BCUT2D eigenvalue weighted by Crippen LogP contribution is -2.26. The molecule has 0 unspecified atom stereocenters. The summed E-state index contributed by atoms with van der Waals surface area (Å²) in [6.45, 7) is 1.01. The van der Waals surface area contributed by atoms with Crippen LogP contribution < -0.4 is 14.4 Å². The van der Waals surface area contributed by atoms with E-state index < -0.39 is 6.10 Å². The van der Waals surface area contributed by atoms with E-state index in [1.54, 1.807) is 12.0 Å². The first-order valence-electron chi connectivity index (χ1n) is 11.4. The number of benzene rings is 3. The molecule has 174 valence electrons. The smallest absolute Gasteiger partial charge is 0.227 e. The van der Waals surface area contributed by atoms with Gasteiger partial charge in [0.05, 0.1) is 24.7 Å². The number of aromatic nitrogens is 2. The minimum atomic E-state index is -0.733. The molecular formula is C27H27N3O4. The van der Waals surface area contributed by atoms with Crippen LogP contribution in [0.15, 0.2) is 78.9 Å². The highest BCUT2D eigenvalue weighted by molar-refractivity contribution is 5.96. The van der Waals surface area contributed by atoms with Crippen LogP contribution in [0.2, 0.25) is 0 Å². The van der Waals surface area contributed by atoms with Gasteiger partial charge >= 0.3 is 0 Å². The second-order valence-corrected chi connectivity index (χ2v) is 8.45. The zero-order valence-electron chi connectivity index (χ0n) is 19.0. The van der Waals surface area contributed by atoms with Crippen molar-refractivity contribution in [2.75, 3.05) is 25.2 Å².